The zero-order chi connectivity index (χ0) is 19.4. The van der Waals surface area contributed by atoms with E-state index in [1.54, 1.807) is 22.9 Å². The first-order chi connectivity index (χ1) is 12.9. The van der Waals surface area contributed by atoms with Crippen LogP contribution in [0.2, 0.25) is 10.0 Å². The van der Waals surface area contributed by atoms with Gasteiger partial charge in [-0.15, -0.1) is 5.10 Å². The normalized spacial score (nSPS) is 14.3. The summed E-state index contributed by atoms with van der Waals surface area (Å²) in [5.74, 6) is -0.306. The summed E-state index contributed by atoms with van der Waals surface area (Å²) in [6.45, 7) is 0. The van der Waals surface area contributed by atoms with Crippen molar-refractivity contribution < 1.29 is 9.59 Å². The van der Waals surface area contributed by atoms with Crippen LogP contribution in [0.25, 0.3) is 5.69 Å². The number of amides is 3. The third-order valence-electron chi connectivity index (χ3n) is 3.95. The lowest BCUT2D eigenvalue weighted by atomic mass is 10.2. The lowest BCUT2D eigenvalue weighted by Gasteiger charge is -2.11. The Bertz CT molecular complexity index is 909. The fraction of sp³-hybridized carbons (Fsp3) is 0.375. The van der Waals surface area contributed by atoms with Crippen LogP contribution in [0.5, 0.6) is 0 Å². The number of rotatable bonds is 5. The van der Waals surface area contributed by atoms with Crippen LogP contribution in [-0.2, 0) is 4.79 Å². The first-order valence-electron chi connectivity index (χ1n) is 8.21. The summed E-state index contributed by atoms with van der Waals surface area (Å²) in [7, 11) is 0. The number of nitrogens with one attached hydrogen (secondary N) is 2. The van der Waals surface area contributed by atoms with Crippen molar-refractivity contribution >= 4 is 70.5 Å². The molecule has 0 aliphatic heterocycles. The Morgan fingerprint density at radius 3 is 2.74 bits per heavy atom. The van der Waals surface area contributed by atoms with Crippen LogP contribution in [0.15, 0.2) is 22.5 Å². The second-order valence-electron chi connectivity index (χ2n) is 5.94. The molecule has 1 aliphatic carbocycles. The number of halogens is 2. The smallest absolute Gasteiger partial charge is 0.321 e. The minimum absolute atomic E-state index is 0.0712. The van der Waals surface area contributed by atoms with Gasteiger partial charge in [0, 0.05) is 6.04 Å². The lowest BCUT2D eigenvalue weighted by molar-refractivity contribution is -0.117. The van der Waals surface area contributed by atoms with Gasteiger partial charge in [0.2, 0.25) is 5.91 Å². The summed E-state index contributed by atoms with van der Waals surface area (Å²) in [6, 6.07) is 4.83. The standard InChI is InChI=1S/C16H16Cl2N4O2S3/c17-11-6-5-10(7-12(11)18)22-16(25)27-15(21-22)26-8-13(23)20-14(24)19-9-3-1-2-4-9/h5-7,9H,1-4,8H2,(H2,19,20,23,24). The first-order valence-corrected chi connectivity index (χ1v) is 11.2. The Morgan fingerprint density at radius 1 is 1.30 bits per heavy atom. The highest BCUT2D eigenvalue weighted by Gasteiger charge is 2.18. The molecule has 0 spiro atoms. The van der Waals surface area contributed by atoms with Crippen LogP contribution in [0.1, 0.15) is 25.7 Å². The monoisotopic (exact) mass is 462 g/mol. The van der Waals surface area contributed by atoms with E-state index >= 15 is 0 Å². The molecular formula is C16H16Cl2N4O2S3. The van der Waals surface area contributed by atoms with Gasteiger partial charge in [0.15, 0.2) is 8.29 Å². The third kappa shape index (κ3) is 5.68. The summed E-state index contributed by atoms with van der Waals surface area (Å²) in [5, 5.41) is 10.4. The van der Waals surface area contributed by atoms with Gasteiger partial charge in [-0.3, -0.25) is 10.1 Å². The second-order valence-corrected chi connectivity index (χ2v) is 9.60. The molecule has 1 aromatic heterocycles. The van der Waals surface area contributed by atoms with Crippen molar-refractivity contribution in [2.24, 2.45) is 0 Å². The number of carbonyl (C=O) groups is 2. The van der Waals surface area contributed by atoms with Crippen LogP contribution in [0.4, 0.5) is 4.79 Å². The van der Waals surface area contributed by atoms with Crippen LogP contribution in [0, 0.1) is 3.95 Å². The van der Waals surface area contributed by atoms with Crippen LogP contribution < -0.4 is 10.6 Å². The Balaban J connectivity index is 1.55. The summed E-state index contributed by atoms with van der Waals surface area (Å²) in [4.78, 5) is 23.8. The number of aromatic nitrogens is 2. The van der Waals surface area contributed by atoms with E-state index in [0.29, 0.717) is 24.0 Å². The largest absolute Gasteiger partial charge is 0.335 e. The maximum atomic E-state index is 12.0. The second kappa shape index (κ2) is 9.38. The number of hydrogen-bond donors (Lipinski definition) is 2. The maximum Gasteiger partial charge on any atom is 0.321 e. The Hall–Kier alpha value is -1.13. The molecule has 0 bridgehead atoms. The molecule has 11 heteroatoms. The van der Waals surface area contributed by atoms with Crippen molar-refractivity contribution in [2.45, 2.75) is 36.1 Å². The number of imide groups is 1. The predicted molar refractivity (Wildman–Crippen MR) is 112 cm³/mol. The average molecular weight is 463 g/mol. The molecule has 3 rings (SSSR count). The lowest BCUT2D eigenvalue weighted by Crippen LogP contribution is -2.44. The van der Waals surface area contributed by atoms with Crippen molar-refractivity contribution in [3.63, 3.8) is 0 Å². The summed E-state index contributed by atoms with van der Waals surface area (Å²) >= 11 is 19.8. The number of benzene rings is 1. The van der Waals surface area contributed by atoms with Crippen molar-refractivity contribution in [3.8, 4) is 5.69 Å². The number of thioether (sulfide) groups is 1. The van der Waals surface area contributed by atoms with Gasteiger partial charge >= 0.3 is 6.03 Å². The van der Waals surface area contributed by atoms with Crippen LogP contribution in [-0.4, -0.2) is 33.5 Å². The molecule has 1 aliphatic rings. The van der Waals surface area contributed by atoms with E-state index in [1.807, 2.05) is 0 Å². The summed E-state index contributed by atoms with van der Waals surface area (Å²) in [5.41, 5.74) is 0.692. The molecule has 0 unspecified atom stereocenters. The van der Waals surface area contributed by atoms with E-state index < -0.39 is 6.03 Å². The van der Waals surface area contributed by atoms with Gasteiger partial charge in [-0.2, -0.15) is 0 Å². The van der Waals surface area contributed by atoms with Gasteiger partial charge in [-0.25, -0.2) is 9.48 Å². The number of hydrogen-bond acceptors (Lipinski definition) is 6. The quantitative estimate of drug-likeness (QED) is 0.491. The number of urea groups is 1. The summed E-state index contributed by atoms with van der Waals surface area (Å²) in [6.07, 6.45) is 4.15. The van der Waals surface area contributed by atoms with Crippen molar-refractivity contribution in [2.75, 3.05) is 5.75 Å². The minimum Gasteiger partial charge on any atom is -0.335 e. The van der Waals surface area contributed by atoms with Gasteiger partial charge in [0.25, 0.3) is 0 Å². The Morgan fingerprint density at radius 2 is 2.04 bits per heavy atom. The highest BCUT2D eigenvalue weighted by molar-refractivity contribution is 8.01. The van der Waals surface area contributed by atoms with Gasteiger partial charge in [0.1, 0.15) is 0 Å². The van der Waals surface area contributed by atoms with Crippen molar-refractivity contribution in [1.82, 2.24) is 20.4 Å². The molecule has 0 atom stereocenters. The highest BCUT2D eigenvalue weighted by atomic mass is 35.5. The highest BCUT2D eigenvalue weighted by Crippen LogP contribution is 2.27. The van der Waals surface area contributed by atoms with Crippen LogP contribution >= 0.6 is 58.5 Å². The van der Waals surface area contributed by atoms with Gasteiger partial charge in [-0.1, -0.05) is 59.1 Å². The molecule has 0 radical (unpaired) electrons. The van der Waals surface area contributed by atoms with Gasteiger partial charge < -0.3 is 5.32 Å². The van der Waals surface area contributed by atoms with E-state index in [4.69, 9.17) is 35.4 Å². The molecule has 1 heterocycles. The van der Waals surface area contributed by atoms with E-state index in [-0.39, 0.29) is 17.7 Å². The third-order valence-corrected chi connectivity index (χ3v) is 7.05. The van der Waals surface area contributed by atoms with Crippen molar-refractivity contribution in [3.05, 3.63) is 32.2 Å². The topological polar surface area (TPSA) is 76.0 Å². The zero-order valence-electron chi connectivity index (χ0n) is 14.0. The van der Waals surface area contributed by atoms with Gasteiger partial charge in [-0.05, 0) is 43.3 Å². The fourth-order valence-electron chi connectivity index (χ4n) is 2.68. The minimum atomic E-state index is -0.443. The SMILES string of the molecule is O=C(CSc1nn(-c2ccc(Cl)c(Cl)c2)c(=S)s1)NC(=O)NC1CCCC1. The van der Waals surface area contributed by atoms with Crippen LogP contribution in [0.3, 0.4) is 0 Å². The molecule has 27 heavy (non-hydrogen) atoms. The maximum absolute atomic E-state index is 12.0. The molecular weight excluding hydrogens is 447 g/mol. The average Bonchev–Trinajstić information content (AvgIpc) is 3.25. The molecule has 6 nitrogen and oxygen atoms in total. The number of carbonyl (C=O) groups excluding carboxylic acids is 2. The number of nitrogens with zero attached hydrogens (tertiary/aromatic N) is 2. The summed E-state index contributed by atoms with van der Waals surface area (Å²) < 4.78 is 2.71. The van der Waals surface area contributed by atoms with Gasteiger partial charge in [0.05, 0.1) is 21.5 Å². The Kier molecular flexibility index (Phi) is 7.16. The zero-order valence-corrected chi connectivity index (χ0v) is 18.0. The predicted octanol–water partition coefficient (Wildman–Crippen LogP) is 4.83. The van der Waals surface area contributed by atoms with E-state index in [2.05, 4.69) is 15.7 Å². The molecule has 144 valence electrons. The van der Waals surface area contributed by atoms with Crippen molar-refractivity contribution in [1.29, 1.82) is 0 Å². The molecule has 0 saturated heterocycles. The van der Waals surface area contributed by atoms with E-state index in [1.165, 1.54) is 23.1 Å². The molecule has 3 amide bonds. The molecule has 2 N–H and O–H groups in total. The first kappa shape index (κ1) is 20.6. The van der Waals surface area contributed by atoms with E-state index in [9.17, 15) is 9.59 Å². The fourth-order valence-corrected chi connectivity index (χ4v) is 5.13. The van der Waals surface area contributed by atoms with E-state index in [0.717, 1.165) is 25.7 Å². The molecule has 1 fully saturated rings. The molecule has 1 saturated carbocycles. The molecule has 1 aromatic carbocycles. The molecule has 2 aromatic rings. The Labute approximate surface area is 179 Å².